The SMILES string of the molecule is CCN(CC)C(=O)c1cc(O)c(O)c(O)c1. The van der Waals surface area contributed by atoms with Gasteiger partial charge < -0.3 is 20.2 Å². The number of carbonyl (C=O) groups is 1. The van der Waals surface area contributed by atoms with Crippen LogP contribution in [0.1, 0.15) is 24.2 Å². The largest absolute Gasteiger partial charge is 0.504 e. The Balaban J connectivity index is 3.10. The minimum absolute atomic E-state index is 0.150. The van der Waals surface area contributed by atoms with E-state index in [1.54, 1.807) is 4.90 Å². The van der Waals surface area contributed by atoms with E-state index in [1.807, 2.05) is 13.8 Å². The Kier molecular flexibility index (Phi) is 3.60. The maximum absolute atomic E-state index is 11.8. The van der Waals surface area contributed by atoms with Crippen molar-refractivity contribution in [3.63, 3.8) is 0 Å². The van der Waals surface area contributed by atoms with Crippen molar-refractivity contribution in [2.24, 2.45) is 0 Å². The minimum Gasteiger partial charge on any atom is -0.504 e. The van der Waals surface area contributed by atoms with Crippen molar-refractivity contribution in [3.8, 4) is 17.2 Å². The van der Waals surface area contributed by atoms with E-state index in [-0.39, 0.29) is 11.5 Å². The zero-order chi connectivity index (χ0) is 12.3. The van der Waals surface area contributed by atoms with Gasteiger partial charge in [0.1, 0.15) is 0 Å². The van der Waals surface area contributed by atoms with Crippen molar-refractivity contribution >= 4 is 5.91 Å². The summed E-state index contributed by atoms with van der Waals surface area (Å²) in [6.07, 6.45) is 0. The van der Waals surface area contributed by atoms with Crippen LogP contribution < -0.4 is 0 Å². The van der Waals surface area contributed by atoms with Gasteiger partial charge in [0.2, 0.25) is 0 Å². The molecular weight excluding hydrogens is 210 g/mol. The Bertz CT molecular complexity index is 376. The number of hydrogen-bond donors (Lipinski definition) is 3. The number of benzene rings is 1. The molecule has 0 aliphatic heterocycles. The van der Waals surface area contributed by atoms with Gasteiger partial charge >= 0.3 is 0 Å². The third kappa shape index (κ3) is 2.18. The van der Waals surface area contributed by atoms with E-state index in [0.29, 0.717) is 13.1 Å². The summed E-state index contributed by atoms with van der Waals surface area (Å²) in [6.45, 7) is 4.75. The molecule has 0 spiro atoms. The molecule has 0 aromatic heterocycles. The van der Waals surface area contributed by atoms with Crippen LogP contribution in [0.2, 0.25) is 0 Å². The van der Waals surface area contributed by atoms with Gasteiger partial charge in [-0.2, -0.15) is 0 Å². The number of phenols is 3. The summed E-state index contributed by atoms with van der Waals surface area (Å²) in [4.78, 5) is 13.4. The molecule has 88 valence electrons. The molecule has 1 amide bonds. The highest BCUT2D eigenvalue weighted by atomic mass is 16.3. The average Bonchev–Trinajstić information content (AvgIpc) is 2.26. The Labute approximate surface area is 93.6 Å². The second kappa shape index (κ2) is 4.74. The highest BCUT2D eigenvalue weighted by molar-refractivity contribution is 5.95. The first kappa shape index (κ1) is 12.2. The van der Waals surface area contributed by atoms with Crippen LogP contribution in [0, 0.1) is 0 Å². The second-order valence-corrected chi connectivity index (χ2v) is 3.34. The van der Waals surface area contributed by atoms with Crippen LogP contribution in [0.25, 0.3) is 0 Å². The lowest BCUT2D eigenvalue weighted by Gasteiger charge is -2.18. The summed E-state index contributed by atoms with van der Waals surface area (Å²) in [7, 11) is 0. The van der Waals surface area contributed by atoms with Crippen LogP contribution in [0.4, 0.5) is 0 Å². The maximum atomic E-state index is 11.8. The van der Waals surface area contributed by atoms with Gasteiger partial charge in [-0.1, -0.05) is 0 Å². The van der Waals surface area contributed by atoms with E-state index < -0.39 is 17.2 Å². The minimum atomic E-state index is -0.615. The number of amides is 1. The molecule has 0 bridgehead atoms. The quantitative estimate of drug-likeness (QED) is 0.677. The number of nitrogens with zero attached hydrogens (tertiary/aromatic N) is 1. The Morgan fingerprint density at radius 3 is 1.94 bits per heavy atom. The summed E-state index contributed by atoms with van der Waals surface area (Å²) in [5, 5.41) is 27.7. The van der Waals surface area contributed by atoms with Crippen LogP contribution in [-0.4, -0.2) is 39.2 Å². The van der Waals surface area contributed by atoms with Gasteiger partial charge in [-0.05, 0) is 26.0 Å². The molecule has 0 saturated carbocycles. The summed E-state index contributed by atoms with van der Waals surface area (Å²) in [6, 6.07) is 2.27. The van der Waals surface area contributed by atoms with Gasteiger partial charge in [0.25, 0.3) is 5.91 Å². The number of carbonyl (C=O) groups excluding carboxylic acids is 1. The van der Waals surface area contributed by atoms with E-state index in [9.17, 15) is 15.0 Å². The van der Waals surface area contributed by atoms with Crippen molar-refractivity contribution in [2.75, 3.05) is 13.1 Å². The van der Waals surface area contributed by atoms with E-state index in [2.05, 4.69) is 0 Å². The molecule has 3 N–H and O–H groups in total. The molecule has 1 aromatic carbocycles. The molecule has 0 atom stereocenters. The molecule has 0 aliphatic carbocycles. The van der Waals surface area contributed by atoms with E-state index in [1.165, 1.54) is 0 Å². The predicted molar refractivity (Wildman–Crippen MR) is 58.7 cm³/mol. The summed E-state index contributed by atoms with van der Waals surface area (Å²) >= 11 is 0. The van der Waals surface area contributed by atoms with Crippen molar-refractivity contribution in [2.45, 2.75) is 13.8 Å². The predicted octanol–water partition coefficient (Wildman–Crippen LogP) is 1.29. The molecular formula is C11H15NO4. The fourth-order valence-electron chi connectivity index (χ4n) is 1.42. The molecule has 0 radical (unpaired) electrons. The maximum Gasteiger partial charge on any atom is 0.254 e. The fourth-order valence-corrected chi connectivity index (χ4v) is 1.42. The molecule has 1 aromatic rings. The lowest BCUT2D eigenvalue weighted by Crippen LogP contribution is -2.30. The molecule has 0 heterocycles. The van der Waals surface area contributed by atoms with Crippen LogP contribution in [-0.2, 0) is 0 Å². The molecule has 1 rings (SSSR count). The summed E-state index contributed by atoms with van der Waals surface area (Å²) in [5.41, 5.74) is 0.150. The Hall–Kier alpha value is -1.91. The van der Waals surface area contributed by atoms with Crippen molar-refractivity contribution in [1.82, 2.24) is 4.90 Å². The standard InChI is InChI=1S/C11H15NO4/c1-3-12(4-2)11(16)7-5-8(13)10(15)9(14)6-7/h5-6,13-15H,3-4H2,1-2H3. The highest BCUT2D eigenvalue weighted by Gasteiger charge is 2.16. The van der Waals surface area contributed by atoms with Crippen molar-refractivity contribution in [3.05, 3.63) is 17.7 Å². The van der Waals surface area contributed by atoms with Gasteiger partial charge in [0.05, 0.1) is 0 Å². The van der Waals surface area contributed by atoms with Crippen LogP contribution in [0.15, 0.2) is 12.1 Å². The molecule has 0 aliphatic rings. The molecule has 0 fully saturated rings. The van der Waals surface area contributed by atoms with Crippen molar-refractivity contribution in [1.29, 1.82) is 0 Å². The normalized spacial score (nSPS) is 10.1. The van der Waals surface area contributed by atoms with Crippen molar-refractivity contribution < 1.29 is 20.1 Å². The first-order valence-corrected chi connectivity index (χ1v) is 5.05. The lowest BCUT2D eigenvalue weighted by atomic mass is 10.1. The number of aromatic hydroxyl groups is 3. The zero-order valence-electron chi connectivity index (χ0n) is 9.27. The third-order valence-corrected chi connectivity index (χ3v) is 2.37. The third-order valence-electron chi connectivity index (χ3n) is 2.37. The van der Waals surface area contributed by atoms with Gasteiger partial charge in [0.15, 0.2) is 17.2 Å². The monoisotopic (exact) mass is 225 g/mol. The topological polar surface area (TPSA) is 81.0 Å². The van der Waals surface area contributed by atoms with Crippen LogP contribution >= 0.6 is 0 Å². The van der Waals surface area contributed by atoms with E-state index in [0.717, 1.165) is 12.1 Å². The molecule has 5 heteroatoms. The number of hydrogen-bond acceptors (Lipinski definition) is 4. The fraction of sp³-hybridized carbons (Fsp3) is 0.364. The molecule has 0 unspecified atom stereocenters. The van der Waals surface area contributed by atoms with Crippen LogP contribution in [0.3, 0.4) is 0 Å². The zero-order valence-corrected chi connectivity index (χ0v) is 9.27. The van der Waals surface area contributed by atoms with Gasteiger partial charge in [-0.3, -0.25) is 4.79 Å². The molecule has 0 saturated heterocycles. The second-order valence-electron chi connectivity index (χ2n) is 3.34. The smallest absolute Gasteiger partial charge is 0.254 e. The Morgan fingerprint density at radius 2 is 1.56 bits per heavy atom. The first-order chi connectivity index (χ1) is 7.51. The lowest BCUT2D eigenvalue weighted by molar-refractivity contribution is 0.0772. The molecule has 16 heavy (non-hydrogen) atoms. The Morgan fingerprint density at radius 1 is 1.12 bits per heavy atom. The average molecular weight is 225 g/mol. The van der Waals surface area contributed by atoms with Gasteiger partial charge in [0, 0.05) is 18.7 Å². The van der Waals surface area contributed by atoms with Crippen LogP contribution in [0.5, 0.6) is 17.2 Å². The van der Waals surface area contributed by atoms with E-state index >= 15 is 0 Å². The molecule has 5 nitrogen and oxygen atoms in total. The highest BCUT2D eigenvalue weighted by Crippen LogP contribution is 2.35. The number of rotatable bonds is 3. The first-order valence-electron chi connectivity index (χ1n) is 5.05. The van der Waals surface area contributed by atoms with Gasteiger partial charge in [-0.25, -0.2) is 0 Å². The summed E-state index contributed by atoms with van der Waals surface area (Å²) < 4.78 is 0. The summed E-state index contributed by atoms with van der Waals surface area (Å²) in [5.74, 6) is -1.92. The van der Waals surface area contributed by atoms with E-state index in [4.69, 9.17) is 5.11 Å². The number of phenolic OH excluding ortho intramolecular Hbond substituents is 3. The van der Waals surface area contributed by atoms with Gasteiger partial charge in [-0.15, -0.1) is 0 Å².